The van der Waals surface area contributed by atoms with Gasteiger partial charge in [0.05, 0.1) is 27.6 Å². The number of amides is 1. The van der Waals surface area contributed by atoms with Crippen LogP contribution in [0.15, 0.2) is 48.7 Å². The zero-order valence-corrected chi connectivity index (χ0v) is 17.7. The number of benzene rings is 1. The van der Waals surface area contributed by atoms with Crippen LogP contribution in [0.2, 0.25) is 0 Å². The predicted octanol–water partition coefficient (Wildman–Crippen LogP) is 4.92. The fourth-order valence-electron chi connectivity index (χ4n) is 4.54. The van der Waals surface area contributed by atoms with E-state index in [1.807, 2.05) is 12.2 Å². The average Bonchev–Trinajstić information content (AvgIpc) is 3.47. The Morgan fingerprint density at radius 3 is 2.52 bits per heavy atom. The third-order valence-corrected chi connectivity index (χ3v) is 6.96. The van der Waals surface area contributed by atoms with E-state index in [0.717, 1.165) is 17.0 Å². The Labute approximate surface area is 189 Å². The van der Waals surface area contributed by atoms with Crippen LogP contribution in [-0.4, -0.2) is 27.0 Å². The van der Waals surface area contributed by atoms with E-state index < -0.39 is 29.5 Å². The molecule has 1 saturated carbocycles. The number of hydrogen-bond acceptors (Lipinski definition) is 6. The average molecular weight is 474 g/mol. The third kappa shape index (κ3) is 4.04. The van der Waals surface area contributed by atoms with Crippen LogP contribution < -0.4 is 10.6 Å². The molecule has 5 rings (SSSR count). The number of halogens is 3. The number of rotatable bonds is 5. The van der Waals surface area contributed by atoms with Gasteiger partial charge in [-0.15, -0.1) is 0 Å². The van der Waals surface area contributed by atoms with E-state index in [1.54, 1.807) is 18.2 Å². The van der Waals surface area contributed by atoms with Gasteiger partial charge in [0.2, 0.25) is 5.91 Å². The Kier molecular flexibility index (Phi) is 5.08. The maximum Gasteiger partial charge on any atom is 0.417 e. The molecule has 2 aliphatic carbocycles. The topological polar surface area (TPSA) is 104 Å². The van der Waals surface area contributed by atoms with Crippen LogP contribution in [0.4, 0.5) is 29.8 Å². The molecule has 2 heterocycles. The second kappa shape index (κ2) is 7.84. The highest BCUT2D eigenvalue weighted by Crippen LogP contribution is 2.48. The molecular weight excluding hydrogens is 457 g/mol. The number of anilines is 3. The molecule has 3 aromatic rings. The number of carbonyl (C=O) groups is 2. The molecule has 4 atom stereocenters. The van der Waals surface area contributed by atoms with Crippen LogP contribution in [0, 0.1) is 23.7 Å². The minimum absolute atomic E-state index is 0.0856. The van der Waals surface area contributed by atoms with Crippen molar-refractivity contribution in [2.24, 2.45) is 23.7 Å². The van der Waals surface area contributed by atoms with Crippen LogP contribution in [0.1, 0.15) is 12.0 Å². The summed E-state index contributed by atoms with van der Waals surface area (Å²) in [5.41, 5.74) is 0.395. The zero-order chi connectivity index (χ0) is 23.3. The van der Waals surface area contributed by atoms with E-state index in [0.29, 0.717) is 22.8 Å². The molecule has 2 bridgehead atoms. The maximum absolute atomic E-state index is 12.9. The number of nitrogens with one attached hydrogen (secondary N) is 2. The lowest BCUT2D eigenvalue weighted by Gasteiger charge is -2.23. The number of carbonyl (C=O) groups excluding carboxylic acids is 1. The van der Waals surface area contributed by atoms with Crippen molar-refractivity contribution in [3.63, 3.8) is 0 Å². The molecule has 0 radical (unpaired) electrons. The van der Waals surface area contributed by atoms with Gasteiger partial charge in [-0.3, -0.25) is 9.59 Å². The standard InChI is InChI=1S/C22H17F3N4O3S/c23-22(24,25)12-3-6-16(26-9-12)27-13-4-5-14-15(8-13)33-21(28-14)29-19(30)17-10-1-2-11(7-10)18(17)20(31)32/h1-6,8-11,17-18H,7H2,(H,26,27)(H,31,32)(H,28,29,30). The Morgan fingerprint density at radius 1 is 1.09 bits per heavy atom. The van der Waals surface area contributed by atoms with Gasteiger partial charge in [0.1, 0.15) is 5.82 Å². The first kappa shape index (κ1) is 21.4. The van der Waals surface area contributed by atoms with Crippen molar-refractivity contribution in [3.05, 3.63) is 54.2 Å². The van der Waals surface area contributed by atoms with Crippen LogP contribution in [0.5, 0.6) is 0 Å². The smallest absolute Gasteiger partial charge is 0.417 e. The quantitative estimate of drug-likeness (QED) is 0.454. The highest BCUT2D eigenvalue weighted by atomic mass is 32.1. The molecule has 3 N–H and O–H groups in total. The van der Waals surface area contributed by atoms with Gasteiger partial charge in [0.25, 0.3) is 0 Å². The molecule has 0 saturated heterocycles. The Bertz CT molecular complexity index is 1270. The van der Waals surface area contributed by atoms with Crippen molar-refractivity contribution >= 4 is 50.1 Å². The summed E-state index contributed by atoms with van der Waals surface area (Å²) in [5, 5.41) is 15.6. The van der Waals surface area contributed by atoms with Gasteiger partial charge in [0, 0.05) is 11.9 Å². The lowest BCUT2D eigenvalue weighted by molar-refractivity contribution is -0.146. The first-order chi connectivity index (χ1) is 15.7. The minimum Gasteiger partial charge on any atom is -0.481 e. The van der Waals surface area contributed by atoms with Crippen molar-refractivity contribution in [3.8, 4) is 0 Å². The first-order valence-electron chi connectivity index (χ1n) is 10.1. The normalized spacial score (nSPS) is 23.7. The van der Waals surface area contributed by atoms with Crippen molar-refractivity contribution in [1.82, 2.24) is 9.97 Å². The molecule has 0 spiro atoms. The van der Waals surface area contributed by atoms with Crippen molar-refractivity contribution in [2.75, 3.05) is 10.6 Å². The third-order valence-electron chi connectivity index (χ3n) is 6.03. The fourth-order valence-corrected chi connectivity index (χ4v) is 5.45. The number of aromatic nitrogens is 2. The summed E-state index contributed by atoms with van der Waals surface area (Å²) in [7, 11) is 0. The summed E-state index contributed by atoms with van der Waals surface area (Å²) in [4.78, 5) is 32.7. The molecule has 33 heavy (non-hydrogen) atoms. The zero-order valence-electron chi connectivity index (χ0n) is 16.8. The van der Waals surface area contributed by atoms with E-state index >= 15 is 0 Å². The van der Waals surface area contributed by atoms with Gasteiger partial charge in [-0.05, 0) is 48.6 Å². The molecule has 1 fully saturated rings. The molecule has 2 aromatic heterocycles. The summed E-state index contributed by atoms with van der Waals surface area (Å²) in [5.74, 6) is -2.64. The van der Waals surface area contributed by atoms with Crippen molar-refractivity contribution in [2.45, 2.75) is 12.6 Å². The molecule has 11 heteroatoms. The van der Waals surface area contributed by atoms with Crippen LogP contribution in [-0.2, 0) is 15.8 Å². The number of thiazole rings is 1. The number of nitrogens with zero attached hydrogens (tertiary/aromatic N) is 2. The summed E-state index contributed by atoms with van der Waals surface area (Å²) in [6.45, 7) is 0. The number of carboxylic acid groups (broad SMARTS) is 1. The predicted molar refractivity (Wildman–Crippen MR) is 116 cm³/mol. The Balaban J connectivity index is 1.31. The monoisotopic (exact) mass is 474 g/mol. The summed E-state index contributed by atoms with van der Waals surface area (Å²) >= 11 is 1.23. The number of hydrogen-bond donors (Lipinski definition) is 3. The Hall–Kier alpha value is -3.47. The van der Waals surface area contributed by atoms with Gasteiger partial charge in [-0.25, -0.2) is 9.97 Å². The fraction of sp³-hybridized carbons (Fsp3) is 0.273. The second-order valence-electron chi connectivity index (χ2n) is 8.08. The Morgan fingerprint density at radius 2 is 1.85 bits per heavy atom. The van der Waals surface area contributed by atoms with E-state index in [9.17, 15) is 27.9 Å². The van der Waals surface area contributed by atoms with Gasteiger partial charge in [-0.1, -0.05) is 23.5 Å². The maximum atomic E-state index is 12.9. The largest absolute Gasteiger partial charge is 0.481 e. The lowest BCUT2D eigenvalue weighted by atomic mass is 9.82. The number of aliphatic carboxylic acids is 1. The lowest BCUT2D eigenvalue weighted by Crippen LogP contribution is -2.36. The molecule has 2 aliphatic rings. The van der Waals surface area contributed by atoms with Crippen molar-refractivity contribution in [1.29, 1.82) is 0 Å². The molecule has 4 unspecified atom stereocenters. The van der Waals surface area contributed by atoms with E-state index in [-0.39, 0.29) is 23.6 Å². The number of allylic oxidation sites excluding steroid dienone is 2. The summed E-state index contributed by atoms with van der Waals surface area (Å²) in [6.07, 6.45) is 0.774. The highest BCUT2D eigenvalue weighted by Gasteiger charge is 2.51. The number of carboxylic acids is 1. The second-order valence-corrected chi connectivity index (χ2v) is 9.11. The van der Waals surface area contributed by atoms with Crippen LogP contribution in [0.25, 0.3) is 10.2 Å². The first-order valence-corrected chi connectivity index (χ1v) is 10.9. The van der Waals surface area contributed by atoms with Crippen LogP contribution >= 0.6 is 11.3 Å². The van der Waals surface area contributed by atoms with Gasteiger partial charge in [0.15, 0.2) is 5.13 Å². The molecule has 1 amide bonds. The number of pyridine rings is 1. The molecule has 1 aromatic carbocycles. The van der Waals surface area contributed by atoms with E-state index in [2.05, 4.69) is 20.6 Å². The molecule has 170 valence electrons. The molecule has 7 nitrogen and oxygen atoms in total. The summed E-state index contributed by atoms with van der Waals surface area (Å²) in [6, 6.07) is 7.36. The van der Waals surface area contributed by atoms with E-state index in [1.165, 1.54) is 17.4 Å². The van der Waals surface area contributed by atoms with Gasteiger partial charge < -0.3 is 15.7 Å². The van der Waals surface area contributed by atoms with E-state index in [4.69, 9.17) is 0 Å². The number of alkyl halides is 3. The van der Waals surface area contributed by atoms with Crippen LogP contribution in [0.3, 0.4) is 0 Å². The molecule has 0 aliphatic heterocycles. The van der Waals surface area contributed by atoms with Gasteiger partial charge in [-0.2, -0.15) is 13.2 Å². The number of fused-ring (bicyclic) bond motifs is 3. The summed E-state index contributed by atoms with van der Waals surface area (Å²) < 4.78 is 38.8. The highest BCUT2D eigenvalue weighted by molar-refractivity contribution is 7.22. The SMILES string of the molecule is O=C(O)C1C2C=CC(C2)C1C(=O)Nc1nc2ccc(Nc3ccc(C(F)(F)F)cn3)cc2s1. The minimum atomic E-state index is -4.45. The molecular formula is C22H17F3N4O3S. The van der Waals surface area contributed by atoms with Crippen molar-refractivity contribution < 1.29 is 27.9 Å². The van der Waals surface area contributed by atoms with Gasteiger partial charge >= 0.3 is 12.1 Å².